The van der Waals surface area contributed by atoms with Gasteiger partial charge in [0, 0.05) is 6.54 Å². The summed E-state index contributed by atoms with van der Waals surface area (Å²) in [6.45, 7) is 2.01. The van der Waals surface area contributed by atoms with Crippen molar-refractivity contribution in [3.63, 3.8) is 0 Å². The lowest BCUT2D eigenvalue weighted by Gasteiger charge is -2.08. The standard InChI is InChI=1S/C14H19NO5/c1-2-11-4-3-5-12(8-11)20-9-13(16)15-6-7-19-10-14(17)18/h3-5,8H,2,6-7,9-10H2,1H3,(H,15,16)(H,17,18). The van der Waals surface area contributed by atoms with Crippen LogP contribution in [-0.2, 0) is 20.7 Å². The molecule has 0 saturated carbocycles. The van der Waals surface area contributed by atoms with E-state index in [1.807, 2.05) is 25.1 Å². The van der Waals surface area contributed by atoms with E-state index < -0.39 is 5.97 Å². The summed E-state index contributed by atoms with van der Waals surface area (Å²) in [6, 6.07) is 7.56. The highest BCUT2D eigenvalue weighted by molar-refractivity contribution is 5.77. The third-order valence-electron chi connectivity index (χ3n) is 2.47. The van der Waals surface area contributed by atoms with Crippen molar-refractivity contribution in [3.8, 4) is 5.75 Å². The molecule has 1 rings (SSSR count). The van der Waals surface area contributed by atoms with E-state index in [9.17, 15) is 9.59 Å². The molecule has 0 aliphatic carbocycles. The zero-order valence-corrected chi connectivity index (χ0v) is 11.4. The fourth-order valence-corrected chi connectivity index (χ4v) is 1.48. The van der Waals surface area contributed by atoms with Crippen LogP contribution in [0, 0.1) is 0 Å². The van der Waals surface area contributed by atoms with Crippen molar-refractivity contribution in [3.05, 3.63) is 29.8 Å². The Kier molecular flexibility index (Phi) is 7.13. The van der Waals surface area contributed by atoms with Crippen LogP contribution in [-0.4, -0.2) is 43.3 Å². The Bertz CT molecular complexity index is 447. The number of carbonyl (C=O) groups excluding carboxylic acids is 1. The van der Waals surface area contributed by atoms with Crippen LogP contribution in [0.5, 0.6) is 5.75 Å². The Labute approximate surface area is 117 Å². The predicted octanol–water partition coefficient (Wildman–Crippen LogP) is 0.845. The maximum atomic E-state index is 11.5. The molecule has 110 valence electrons. The molecule has 0 fully saturated rings. The van der Waals surface area contributed by atoms with Gasteiger partial charge in [-0.1, -0.05) is 19.1 Å². The molecule has 0 unspecified atom stereocenters. The van der Waals surface area contributed by atoms with Gasteiger partial charge in [-0.15, -0.1) is 0 Å². The summed E-state index contributed by atoms with van der Waals surface area (Å²) in [7, 11) is 0. The summed E-state index contributed by atoms with van der Waals surface area (Å²) in [5, 5.41) is 10.9. The molecule has 6 nitrogen and oxygen atoms in total. The van der Waals surface area contributed by atoms with Gasteiger partial charge >= 0.3 is 5.97 Å². The number of rotatable bonds is 9. The summed E-state index contributed by atoms with van der Waals surface area (Å²) in [4.78, 5) is 21.6. The van der Waals surface area contributed by atoms with Crippen molar-refractivity contribution in [2.75, 3.05) is 26.4 Å². The molecular formula is C14H19NO5. The number of aliphatic carboxylic acids is 1. The van der Waals surface area contributed by atoms with Crippen molar-refractivity contribution in [2.24, 2.45) is 0 Å². The van der Waals surface area contributed by atoms with Crippen molar-refractivity contribution in [1.29, 1.82) is 0 Å². The maximum Gasteiger partial charge on any atom is 0.329 e. The topological polar surface area (TPSA) is 84.9 Å². The molecule has 0 saturated heterocycles. The lowest BCUT2D eigenvalue weighted by atomic mass is 10.2. The second-order valence-electron chi connectivity index (χ2n) is 4.09. The highest BCUT2D eigenvalue weighted by Crippen LogP contribution is 2.13. The molecule has 20 heavy (non-hydrogen) atoms. The van der Waals surface area contributed by atoms with E-state index >= 15 is 0 Å². The molecule has 0 radical (unpaired) electrons. The van der Waals surface area contributed by atoms with Gasteiger partial charge in [-0.25, -0.2) is 4.79 Å². The van der Waals surface area contributed by atoms with Crippen molar-refractivity contribution in [2.45, 2.75) is 13.3 Å². The van der Waals surface area contributed by atoms with Crippen molar-refractivity contribution < 1.29 is 24.2 Å². The van der Waals surface area contributed by atoms with Gasteiger partial charge in [0.1, 0.15) is 12.4 Å². The van der Waals surface area contributed by atoms with E-state index in [1.54, 1.807) is 6.07 Å². The molecule has 0 bridgehead atoms. The molecule has 1 amide bonds. The number of hydrogen-bond donors (Lipinski definition) is 2. The van der Waals surface area contributed by atoms with Crippen LogP contribution < -0.4 is 10.1 Å². The molecule has 6 heteroatoms. The second kappa shape index (κ2) is 8.92. The second-order valence-corrected chi connectivity index (χ2v) is 4.09. The number of carboxylic acids is 1. The highest BCUT2D eigenvalue weighted by atomic mass is 16.5. The Morgan fingerprint density at radius 1 is 1.30 bits per heavy atom. The summed E-state index contributed by atoms with van der Waals surface area (Å²) in [5.74, 6) is -0.650. The maximum absolute atomic E-state index is 11.5. The summed E-state index contributed by atoms with van der Waals surface area (Å²) >= 11 is 0. The fourth-order valence-electron chi connectivity index (χ4n) is 1.48. The van der Waals surface area contributed by atoms with Crippen LogP contribution in [0.3, 0.4) is 0 Å². The van der Waals surface area contributed by atoms with E-state index in [0.29, 0.717) is 5.75 Å². The molecule has 0 aromatic heterocycles. The number of aryl methyl sites for hydroxylation is 1. The number of carboxylic acid groups (broad SMARTS) is 1. The van der Waals surface area contributed by atoms with Gasteiger partial charge in [-0.05, 0) is 24.1 Å². The SMILES string of the molecule is CCc1cccc(OCC(=O)NCCOCC(=O)O)c1. The number of amides is 1. The minimum absolute atomic E-state index is 0.0773. The summed E-state index contributed by atoms with van der Waals surface area (Å²) in [5.41, 5.74) is 1.14. The predicted molar refractivity (Wildman–Crippen MR) is 72.8 cm³/mol. The number of carbonyl (C=O) groups is 2. The van der Waals surface area contributed by atoms with E-state index in [-0.39, 0.29) is 32.3 Å². The zero-order chi connectivity index (χ0) is 14.8. The Morgan fingerprint density at radius 3 is 2.80 bits per heavy atom. The summed E-state index contributed by atoms with van der Waals surface area (Å²) in [6.07, 6.45) is 0.907. The third kappa shape index (κ3) is 6.75. The average Bonchev–Trinajstić information content (AvgIpc) is 2.44. The number of hydrogen-bond acceptors (Lipinski definition) is 4. The highest BCUT2D eigenvalue weighted by Gasteiger charge is 2.03. The third-order valence-corrected chi connectivity index (χ3v) is 2.47. The van der Waals surface area contributed by atoms with Crippen molar-refractivity contribution in [1.82, 2.24) is 5.32 Å². The molecule has 0 atom stereocenters. The molecule has 0 aliphatic rings. The largest absolute Gasteiger partial charge is 0.484 e. The molecule has 0 aliphatic heterocycles. The van der Waals surface area contributed by atoms with Crippen LogP contribution in [0.25, 0.3) is 0 Å². The minimum Gasteiger partial charge on any atom is -0.484 e. The van der Waals surface area contributed by atoms with Gasteiger partial charge in [0.15, 0.2) is 6.61 Å². The molecule has 1 aromatic carbocycles. The Balaban J connectivity index is 2.17. The van der Waals surface area contributed by atoms with E-state index in [1.165, 1.54) is 0 Å². The van der Waals surface area contributed by atoms with Gasteiger partial charge in [-0.3, -0.25) is 4.79 Å². The minimum atomic E-state index is -1.03. The number of nitrogens with one attached hydrogen (secondary N) is 1. The van der Waals surface area contributed by atoms with Gasteiger partial charge in [0.05, 0.1) is 6.61 Å². The Hall–Kier alpha value is -2.08. The monoisotopic (exact) mass is 281 g/mol. The van der Waals surface area contributed by atoms with E-state index in [4.69, 9.17) is 14.6 Å². The van der Waals surface area contributed by atoms with Crippen LogP contribution in [0.4, 0.5) is 0 Å². The fraction of sp³-hybridized carbons (Fsp3) is 0.429. The molecular weight excluding hydrogens is 262 g/mol. The Morgan fingerprint density at radius 2 is 2.10 bits per heavy atom. The van der Waals surface area contributed by atoms with Crippen LogP contribution >= 0.6 is 0 Å². The first-order valence-corrected chi connectivity index (χ1v) is 6.39. The average molecular weight is 281 g/mol. The van der Waals surface area contributed by atoms with Crippen LogP contribution in [0.1, 0.15) is 12.5 Å². The van der Waals surface area contributed by atoms with Crippen molar-refractivity contribution >= 4 is 11.9 Å². The number of benzene rings is 1. The quantitative estimate of drug-likeness (QED) is 0.655. The molecule has 2 N–H and O–H groups in total. The van der Waals surface area contributed by atoms with Gasteiger partial charge in [-0.2, -0.15) is 0 Å². The van der Waals surface area contributed by atoms with E-state index in [2.05, 4.69) is 5.32 Å². The van der Waals surface area contributed by atoms with E-state index in [0.717, 1.165) is 12.0 Å². The normalized spacial score (nSPS) is 10.1. The van der Waals surface area contributed by atoms with Crippen LogP contribution in [0.15, 0.2) is 24.3 Å². The molecule has 0 spiro atoms. The first-order valence-electron chi connectivity index (χ1n) is 6.39. The molecule has 1 aromatic rings. The van der Waals surface area contributed by atoms with Gasteiger partial charge < -0.3 is 19.9 Å². The zero-order valence-electron chi connectivity index (χ0n) is 11.4. The molecule has 0 heterocycles. The van der Waals surface area contributed by atoms with Gasteiger partial charge in [0.2, 0.25) is 0 Å². The van der Waals surface area contributed by atoms with Gasteiger partial charge in [0.25, 0.3) is 5.91 Å². The smallest absolute Gasteiger partial charge is 0.329 e. The lowest BCUT2D eigenvalue weighted by Crippen LogP contribution is -2.32. The lowest BCUT2D eigenvalue weighted by molar-refractivity contribution is -0.142. The summed E-state index contributed by atoms with van der Waals surface area (Å²) < 4.78 is 10.1. The number of ether oxygens (including phenoxy) is 2. The first kappa shape index (κ1) is 16.0. The first-order chi connectivity index (χ1) is 9.61. The van der Waals surface area contributed by atoms with Crippen LogP contribution in [0.2, 0.25) is 0 Å².